The molecule has 8 rings (SSSR count). The van der Waals surface area contributed by atoms with E-state index in [4.69, 9.17) is 12.7 Å². The summed E-state index contributed by atoms with van der Waals surface area (Å²) >= 11 is 0. The molecule has 0 amide bonds. The van der Waals surface area contributed by atoms with Crippen molar-refractivity contribution in [3.63, 3.8) is 0 Å². The quantitative estimate of drug-likeness (QED) is 0.118. The third kappa shape index (κ3) is 9.80. The molecule has 6 heteroatoms. The number of nitrogens with zero attached hydrogens (tertiary/aromatic N) is 3. The molecule has 0 saturated heterocycles. The van der Waals surface area contributed by atoms with E-state index in [1.54, 1.807) is 12.1 Å². The van der Waals surface area contributed by atoms with Gasteiger partial charge in [-0.1, -0.05) is 156 Å². The maximum absolute atomic E-state index is 14.2. The zero-order valence-corrected chi connectivity index (χ0v) is 43.4. The average molecular weight is 1030 g/mol. The molecule has 0 bridgehead atoms. The molecular formula is C57H66FIrN3Si-2. The Morgan fingerprint density at radius 2 is 1.44 bits per heavy atom. The maximum atomic E-state index is 14.2. The molecule has 0 saturated carbocycles. The molecule has 7 aromatic rings. The second kappa shape index (κ2) is 17.8. The Balaban J connectivity index is 0.000000224. The Hall–Kier alpha value is -4.48. The van der Waals surface area contributed by atoms with Crippen molar-refractivity contribution in [1.82, 2.24) is 14.5 Å². The molecule has 0 spiro atoms. The number of aromatic nitrogens is 3. The van der Waals surface area contributed by atoms with Gasteiger partial charge in [-0.05, 0) is 91.9 Å². The first-order valence-electron chi connectivity index (χ1n) is 23.2. The number of imidazole rings is 1. The van der Waals surface area contributed by atoms with Gasteiger partial charge >= 0.3 is 0 Å². The number of benzene rings is 5. The number of hydrogen-bond donors (Lipinski definition) is 0. The van der Waals surface area contributed by atoms with Gasteiger partial charge in [0.05, 0.1) is 24.9 Å². The van der Waals surface area contributed by atoms with Crippen molar-refractivity contribution in [1.29, 1.82) is 0 Å². The van der Waals surface area contributed by atoms with Crippen LogP contribution >= 0.6 is 0 Å². The molecule has 0 unspecified atom stereocenters. The van der Waals surface area contributed by atoms with Gasteiger partial charge in [-0.3, -0.25) is 4.98 Å². The predicted molar refractivity (Wildman–Crippen MR) is 264 cm³/mol. The summed E-state index contributed by atoms with van der Waals surface area (Å²) in [5.41, 5.74) is 14.2. The first-order valence-corrected chi connectivity index (χ1v) is 25.7. The molecule has 5 aromatic carbocycles. The van der Waals surface area contributed by atoms with Crippen LogP contribution in [-0.4, -0.2) is 22.6 Å². The van der Waals surface area contributed by atoms with E-state index in [2.05, 4.69) is 159 Å². The maximum Gasteiger partial charge on any atom is 0.123 e. The van der Waals surface area contributed by atoms with Gasteiger partial charge in [-0.25, -0.2) is 4.39 Å². The van der Waals surface area contributed by atoms with Gasteiger partial charge in [0, 0.05) is 34.7 Å². The third-order valence-corrected chi connectivity index (χ3v) is 14.1. The second-order valence-electron chi connectivity index (χ2n) is 21.3. The molecule has 63 heavy (non-hydrogen) atoms. The average Bonchev–Trinajstić information content (AvgIpc) is 3.71. The molecule has 3 nitrogen and oxygen atoms in total. The van der Waals surface area contributed by atoms with Crippen LogP contribution in [-0.2, 0) is 37.3 Å². The minimum Gasteiger partial charge on any atom is -0.333 e. The fourth-order valence-corrected chi connectivity index (χ4v) is 10.2. The number of rotatable bonds is 7. The Kier molecular flexibility index (Phi) is 12.8. The summed E-state index contributed by atoms with van der Waals surface area (Å²) < 4.78 is 34.3. The van der Waals surface area contributed by atoms with Crippen LogP contribution in [0.4, 0.5) is 4.39 Å². The van der Waals surface area contributed by atoms with Crippen molar-refractivity contribution in [2.75, 3.05) is 0 Å². The standard InChI is InChI=1S/C34H32FN2.C23H34NSi.Ir/c1-20(2)24-10-9-11-25(21(3)4)32(24)37-31-13-8-7-12-30(31)36-33(37)22-14-17-28-27(18-22)26-16-15-23(35)19-29(26)34(28,5)6;1-22(2,3)15-18-14-20(24-16-21(18)25(7,8)9)17-11-10-12-19(13-17)23(4,5)6;/h7-13,15-21H,1-6H3;10,12-14,16H,15H2,1-9H3;/q2*-1;/i;15D2;. The van der Waals surface area contributed by atoms with Crippen molar-refractivity contribution in [3.05, 3.63) is 155 Å². The SMILES string of the molecule is CC(C)c1cccc(C(C)C)c1-n1c(-c2[c-]cc3c(c2)-c2ccc(F)cc2C3(C)C)nc2ccccc21.[2H]C([2H])(c1cc(-c2[c-]ccc(C(C)(C)C)c2)ncc1[Si](C)(C)C)C(C)(C)C.[Ir]. The zero-order valence-electron chi connectivity index (χ0n) is 42.0. The van der Waals surface area contributed by atoms with Gasteiger partial charge in [0.2, 0.25) is 0 Å². The molecule has 1 aliphatic carbocycles. The molecule has 2 heterocycles. The van der Waals surface area contributed by atoms with Crippen molar-refractivity contribution in [2.24, 2.45) is 5.41 Å². The predicted octanol–water partition coefficient (Wildman–Crippen LogP) is 15.2. The van der Waals surface area contributed by atoms with E-state index < -0.39 is 19.9 Å². The Morgan fingerprint density at radius 3 is 2.06 bits per heavy atom. The smallest absolute Gasteiger partial charge is 0.123 e. The van der Waals surface area contributed by atoms with E-state index in [0.29, 0.717) is 11.8 Å². The van der Waals surface area contributed by atoms with Crippen LogP contribution in [0.3, 0.4) is 0 Å². The van der Waals surface area contributed by atoms with Gasteiger partial charge in [0.1, 0.15) is 5.82 Å². The van der Waals surface area contributed by atoms with Crippen LogP contribution in [0.2, 0.25) is 19.6 Å². The minimum atomic E-state index is -1.74. The van der Waals surface area contributed by atoms with E-state index in [-0.39, 0.29) is 36.8 Å². The summed E-state index contributed by atoms with van der Waals surface area (Å²) in [5, 5.41) is 1.10. The molecule has 0 fully saturated rings. The van der Waals surface area contributed by atoms with Gasteiger partial charge in [0.25, 0.3) is 0 Å². The first kappa shape index (κ1) is 45.1. The van der Waals surface area contributed by atoms with Crippen molar-refractivity contribution < 1.29 is 27.2 Å². The summed E-state index contributed by atoms with van der Waals surface area (Å²) in [6.45, 7) is 32.5. The fraction of sp³-hybridized carbons (Fsp3) is 0.368. The molecule has 1 radical (unpaired) electrons. The van der Waals surface area contributed by atoms with Crippen molar-refractivity contribution in [3.8, 4) is 39.5 Å². The van der Waals surface area contributed by atoms with Crippen LogP contribution in [0.1, 0.15) is 131 Å². The molecule has 1 aliphatic rings. The van der Waals surface area contributed by atoms with Crippen molar-refractivity contribution >= 4 is 24.3 Å². The first-order chi connectivity index (χ1) is 29.7. The molecule has 0 atom stereocenters. The summed E-state index contributed by atoms with van der Waals surface area (Å²) in [7, 11) is -1.74. The van der Waals surface area contributed by atoms with Crippen LogP contribution in [0.5, 0.6) is 0 Å². The van der Waals surface area contributed by atoms with Crippen molar-refractivity contribution in [2.45, 2.75) is 132 Å². The number of hydrogen-bond acceptors (Lipinski definition) is 2. The number of halogens is 1. The van der Waals surface area contributed by atoms with E-state index in [9.17, 15) is 4.39 Å². The topological polar surface area (TPSA) is 30.7 Å². The number of para-hydroxylation sites is 3. The van der Waals surface area contributed by atoms with E-state index in [1.807, 2.05) is 51.2 Å². The van der Waals surface area contributed by atoms with Crippen LogP contribution in [0, 0.1) is 23.4 Å². The zero-order chi connectivity index (χ0) is 46.9. The summed E-state index contributed by atoms with van der Waals surface area (Å²) in [6, 6.07) is 39.5. The van der Waals surface area contributed by atoms with E-state index >= 15 is 0 Å². The monoisotopic (exact) mass is 1030 g/mol. The largest absolute Gasteiger partial charge is 0.333 e. The minimum absolute atomic E-state index is 0. The van der Waals surface area contributed by atoms with Crippen LogP contribution in [0.15, 0.2) is 103 Å². The molecule has 0 N–H and O–H groups in total. The summed E-state index contributed by atoms with van der Waals surface area (Å²) in [5.74, 6) is 1.40. The van der Waals surface area contributed by atoms with Gasteiger partial charge in [-0.2, -0.15) is 0 Å². The molecule has 2 aromatic heterocycles. The summed E-state index contributed by atoms with van der Waals surface area (Å²) in [6.07, 6.45) is 0.472. The third-order valence-electron chi connectivity index (χ3n) is 12.1. The molecule has 331 valence electrons. The summed E-state index contributed by atoms with van der Waals surface area (Å²) in [4.78, 5) is 9.90. The van der Waals surface area contributed by atoms with Gasteiger partial charge in [-0.15, -0.1) is 64.7 Å². The molecular weight excluding hydrogens is 966 g/mol. The van der Waals surface area contributed by atoms with Crippen LogP contribution in [0.25, 0.3) is 50.5 Å². The second-order valence-corrected chi connectivity index (χ2v) is 26.4. The Morgan fingerprint density at radius 1 is 0.778 bits per heavy atom. The normalized spacial score (nSPS) is 14.1. The Bertz CT molecular complexity index is 2850. The van der Waals surface area contributed by atoms with E-state index in [1.165, 1.54) is 27.9 Å². The van der Waals surface area contributed by atoms with Crippen LogP contribution < -0.4 is 5.19 Å². The Labute approximate surface area is 395 Å². The number of pyridine rings is 1. The molecule has 0 aliphatic heterocycles. The van der Waals surface area contributed by atoms with Gasteiger partial charge in [0.15, 0.2) is 0 Å². The van der Waals surface area contributed by atoms with E-state index in [0.717, 1.165) is 61.1 Å². The van der Waals surface area contributed by atoms with Gasteiger partial charge < -0.3 is 9.55 Å². The fourth-order valence-electron chi connectivity index (χ4n) is 8.77. The number of fused-ring (bicyclic) bond motifs is 4.